The molecule has 0 saturated heterocycles. The summed E-state index contributed by atoms with van der Waals surface area (Å²) in [7, 11) is 0. The average molecular weight is 464 g/mol. The van der Waals surface area contributed by atoms with Crippen molar-refractivity contribution in [1.82, 2.24) is 20.7 Å². The molecule has 1 unspecified atom stereocenters. The predicted octanol–water partition coefficient (Wildman–Crippen LogP) is 4.86. The van der Waals surface area contributed by atoms with Gasteiger partial charge in [0.2, 0.25) is 0 Å². The maximum Gasteiger partial charge on any atom is 0.174 e. The summed E-state index contributed by atoms with van der Waals surface area (Å²) in [6.07, 6.45) is 2.85. The van der Waals surface area contributed by atoms with Gasteiger partial charge >= 0.3 is 0 Å². The molecule has 2 heterocycles. The van der Waals surface area contributed by atoms with E-state index in [0.29, 0.717) is 39.8 Å². The van der Waals surface area contributed by atoms with Crippen molar-refractivity contribution in [1.29, 1.82) is 0 Å². The Morgan fingerprint density at radius 1 is 1.12 bits per heavy atom. The highest BCUT2D eigenvalue weighted by molar-refractivity contribution is 7.99. The van der Waals surface area contributed by atoms with Crippen LogP contribution in [0, 0.1) is 26.6 Å². The number of aryl methyl sites for hydroxylation is 3. The van der Waals surface area contributed by atoms with Crippen LogP contribution in [-0.2, 0) is 11.3 Å². The summed E-state index contributed by atoms with van der Waals surface area (Å²) in [4.78, 5) is 15.6. The molecule has 1 fully saturated rings. The summed E-state index contributed by atoms with van der Waals surface area (Å²) < 4.78 is 15.1. The van der Waals surface area contributed by atoms with E-state index in [2.05, 4.69) is 52.7 Å². The summed E-state index contributed by atoms with van der Waals surface area (Å²) in [6, 6.07) is 11.9. The number of benzene rings is 2. The lowest BCUT2D eigenvalue weighted by molar-refractivity contribution is 0.0620. The Kier molecular flexibility index (Phi) is 6.12. The third kappa shape index (κ3) is 4.91. The fraction of sp³-hybridized carbons (Fsp3) is 0.360. The summed E-state index contributed by atoms with van der Waals surface area (Å²) in [5, 5.41) is 8.92. The van der Waals surface area contributed by atoms with E-state index >= 15 is 4.39 Å². The van der Waals surface area contributed by atoms with Crippen LogP contribution < -0.4 is 5.48 Å². The molecule has 170 valence electrons. The van der Waals surface area contributed by atoms with Crippen molar-refractivity contribution in [2.75, 3.05) is 6.61 Å². The molecule has 2 aromatic carbocycles. The standard InChI is InChI=1S/C25H26FN5OS/c1-14-7-8-18(15(2)11-14)12-19-13-32-31-24(28-19)23-25(30-29-16(3)27-23)33-21-6-4-5-20(22(21)26)17-9-10-17/h4-8,11,17,19H,9-10,12-13H2,1-3H3,(H,28,31). The van der Waals surface area contributed by atoms with Gasteiger partial charge in [-0.2, -0.15) is 0 Å². The molecule has 5 rings (SSSR count). The highest BCUT2D eigenvalue weighted by atomic mass is 32.2. The van der Waals surface area contributed by atoms with Crippen molar-refractivity contribution in [2.45, 2.75) is 61.9 Å². The lowest BCUT2D eigenvalue weighted by Gasteiger charge is -2.23. The molecule has 0 radical (unpaired) electrons. The van der Waals surface area contributed by atoms with Gasteiger partial charge in [-0.05, 0) is 68.7 Å². The number of hydrogen-bond donors (Lipinski definition) is 1. The molecule has 1 N–H and O–H groups in total. The summed E-state index contributed by atoms with van der Waals surface area (Å²) in [5.41, 5.74) is 7.92. The zero-order chi connectivity index (χ0) is 22.9. The number of aliphatic imine (C=N–C) groups is 1. The van der Waals surface area contributed by atoms with E-state index < -0.39 is 0 Å². The van der Waals surface area contributed by atoms with Crippen LogP contribution in [0.25, 0.3) is 0 Å². The van der Waals surface area contributed by atoms with E-state index in [-0.39, 0.29) is 11.9 Å². The first kappa shape index (κ1) is 22.0. The first-order chi connectivity index (χ1) is 16.0. The Balaban J connectivity index is 1.44. The summed E-state index contributed by atoms with van der Waals surface area (Å²) in [5.74, 6) is 1.16. The molecule has 0 bridgehead atoms. The number of rotatable bonds is 6. The number of amidine groups is 1. The van der Waals surface area contributed by atoms with Crippen molar-refractivity contribution < 1.29 is 9.23 Å². The van der Waals surface area contributed by atoms with Gasteiger partial charge in [0.05, 0.1) is 12.6 Å². The molecule has 1 atom stereocenters. The lowest BCUT2D eigenvalue weighted by Crippen LogP contribution is -2.37. The smallest absolute Gasteiger partial charge is 0.174 e. The SMILES string of the molecule is Cc1ccc(CC2CONC(c3nc(C)nnc3Sc3cccc(C4CC4)c3F)=N2)c(C)c1. The van der Waals surface area contributed by atoms with Crippen LogP contribution in [0.5, 0.6) is 0 Å². The molecule has 0 spiro atoms. The summed E-state index contributed by atoms with van der Waals surface area (Å²) >= 11 is 1.22. The number of nitrogens with zero attached hydrogens (tertiary/aromatic N) is 4. The molecule has 1 aromatic heterocycles. The first-order valence-electron chi connectivity index (χ1n) is 11.2. The van der Waals surface area contributed by atoms with E-state index in [9.17, 15) is 0 Å². The van der Waals surface area contributed by atoms with Gasteiger partial charge < -0.3 is 0 Å². The van der Waals surface area contributed by atoms with Crippen LogP contribution in [0.3, 0.4) is 0 Å². The Morgan fingerprint density at radius 2 is 1.97 bits per heavy atom. The molecular formula is C25H26FN5OS. The second-order valence-corrected chi connectivity index (χ2v) is 9.76. The van der Waals surface area contributed by atoms with E-state index in [1.165, 1.54) is 28.5 Å². The second kappa shape index (κ2) is 9.19. The quantitative estimate of drug-likeness (QED) is 0.563. The van der Waals surface area contributed by atoms with Gasteiger partial charge in [-0.25, -0.2) is 14.9 Å². The van der Waals surface area contributed by atoms with Crippen LogP contribution in [-0.4, -0.2) is 33.7 Å². The maximum atomic E-state index is 15.1. The maximum absolute atomic E-state index is 15.1. The van der Waals surface area contributed by atoms with Crippen LogP contribution >= 0.6 is 11.8 Å². The largest absolute Gasteiger partial charge is 0.272 e. The molecule has 6 nitrogen and oxygen atoms in total. The van der Waals surface area contributed by atoms with Gasteiger partial charge in [0.1, 0.15) is 17.3 Å². The molecule has 33 heavy (non-hydrogen) atoms. The molecule has 0 amide bonds. The number of halogens is 1. The van der Waals surface area contributed by atoms with Gasteiger partial charge in [0.25, 0.3) is 0 Å². The molecule has 2 aliphatic rings. The normalized spacial score (nSPS) is 18.1. The highest BCUT2D eigenvalue weighted by Crippen LogP contribution is 2.43. The fourth-order valence-corrected chi connectivity index (χ4v) is 4.92. The van der Waals surface area contributed by atoms with E-state index in [4.69, 9.17) is 9.83 Å². The minimum Gasteiger partial charge on any atom is -0.272 e. The highest BCUT2D eigenvalue weighted by Gasteiger charge is 2.28. The van der Waals surface area contributed by atoms with Crippen molar-refractivity contribution >= 4 is 17.6 Å². The Labute approximate surface area is 197 Å². The van der Waals surface area contributed by atoms with Crippen LogP contribution in [0.2, 0.25) is 0 Å². The summed E-state index contributed by atoms with van der Waals surface area (Å²) in [6.45, 7) is 6.44. The minimum absolute atomic E-state index is 0.0642. The van der Waals surface area contributed by atoms with Gasteiger partial charge in [-0.15, -0.1) is 10.2 Å². The van der Waals surface area contributed by atoms with Crippen molar-refractivity contribution in [3.05, 3.63) is 76.0 Å². The molecular weight excluding hydrogens is 437 g/mol. The zero-order valence-electron chi connectivity index (χ0n) is 18.9. The van der Waals surface area contributed by atoms with Crippen molar-refractivity contribution in [2.24, 2.45) is 4.99 Å². The average Bonchev–Trinajstić information content (AvgIpc) is 3.64. The molecule has 1 saturated carbocycles. The number of aromatic nitrogens is 3. The van der Waals surface area contributed by atoms with Gasteiger partial charge in [-0.3, -0.25) is 9.83 Å². The second-order valence-electron chi connectivity index (χ2n) is 8.73. The molecule has 1 aliphatic carbocycles. The van der Waals surface area contributed by atoms with Crippen LogP contribution in [0.4, 0.5) is 4.39 Å². The van der Waals surface area contributed by atoms with E-state index in [1.807, 2.05) is 12.1 Å². The zero-order valence-corrected chi connectivity index (χ0v) is 19.7. The minimum atomic E-state index is -0.180. The van der Waals surface area contributed by atoms with Gasteiger partial charge in [-0.1, -0.05) is 47.7 Å². The Hall–Kier alpha value is -2.84. The molecule has 1 aliphatic heterocycles. The Bertz CT molecular complexity index is 1230. The van der Waals surface area contributed by atoms with Gasteiger partial charge in [0.15, 0.2) is 10.9 Å². The number of hydroxylamine groups is 1. The van der Waals surface area contributed by atoms with Crippen molar-refractivity contribution in [3.63, 3.8) is 0 Å². The van der Waals surface area contributed by atoms with Crippen LogP contribution in [0.1, 0.15) is 52.5 Å². The monoisotopic (exact) mass is 463 g/mol. The van der Waals surface area contributed by atoms with Crippen molar-refractivity contribution in [3.8, 4) is 0 Å². The number of hydrogen-bond acceptors (Lipinski definition) is 7. The lowest BCUT2D eigenvalue weighted by atomic mass is 9.99. The molecule has 8 heteroatoms. The fourth-order valence-electron chi connectivity index (χ4n) is 4.04. The van der Waals surface area contributed by atoms with Gasteiger partial charge in [0, 0.05) is 4.90 Å². The predicted molar refractivity (Wildman–Crippen MR) is 126 cm³/mol. The molecule has 3 aromatic rings. The van der Waals surface area contributed by atoms with E-state index in [0.717, 1.165) is 24.8 Å². The van der Waals surface area contributed by atoms with E-state index in [1.54, 1.807) is 13.0 Å². The first-order valence-corrected chi connectivity index (χ1v) is 12.0. The third-order valence-corrected chi connectivity index (χ3v) is 6.92. The number of nitrogens with one attached hydrogen (secondary N) is 1. The third-order valence-electron chi connectivity index (χ3n) is 5.91. The topological polar surface area (TPSA) is 72.3 Å². The Morgan fingerprint density at radius 3 is 2.76 bits per heavy atom. The van der Waals surface area contributed by atoms with Crippen LogP contribution in [0.15, 0.2) is 51.3 Å².